The molecule has 2 amide bonds. The lowest BCUT2D eigenvalue weighted by molar-refractivity contribution is -0.117. The van der Waals surface area contributed by atoms with Crippen LogP contribution in [-0.2, 0) is 27.8 Å². The van der Waals surface area contributed by atoms with Crippen LogP contribution < -0.4 is 19.7 Å². The monoisotopic (exact) mass is 531 g/mol. The molecule has 0 radical (unpaired) electrons. The van der Waals surface area contributed by atoms with E-state index in [0.29, 0.717) is 24.2 Å². The molecule has 0 spiro atoms. The fourth-order valence-electron chi connectivity index (χ4n) is 4.88. The van der Waals surface area contributed by atoms with Gasteiger partial charge in [0.1, 0.15) is 5.75 Å². The number of sulfonamides is 1. The highest BCUT2D eigenvalue weighted by Gasteiger charge is 2.33. The quantitative estimate of drug-likeness (QED) is 0.450. The van der Waals surface area contributed by atoms with E-state index in [0.717, 1.165) is 41.9 Å². The first-order chi connectivity index (χ1) is 18.4. The van der Waals surface area contributed by atoms with Crippen molar-refractivity contribution in [1.82, 2.24) is 10.6 Å². The summed E-state index contributed by atoms with van der Waals surface area (Å²) in [4.78, 5) is 24.7. The van der Waals surface area contributed by atoms with E-state index in [2.05, 4.69) is 17.2 Å². The van der Waals surface area contributed by atoms with E-state index in [1.807, 2.05) is 30.3 Å². The Morgan fingerprint density at radius 1 is 1.08 bits per heavy atom. The number of benzene rings is 3. The van der Waals surface area contributed by atoms with Crippen molar-refractivity contribution in [3.63, 3.8) is 0 Å². The fourth-order valence-corrected chi connectivity index (χ4v) is 6.38. The zero-order chi connectivity index (χ0) is 26.7. The van der Waals surface area contributed by atoms with E-state index in [1.54, 1.807) is 12.1 Å². The lowest BCUT2D eigenvalue weighted by atomic mass is 9.98. The van der Waals surface area contributed by atoms with Crippen LogP contribution in [0.1, 0.15) is 45.9 Å². The van der Waals surface area contributed by atoms with Gasteiger partial charge >= 0.3 is 0 Å². The smallest absolute Gasteiger partial charge is 0.264 e. The summed E-state index contributed by atoms with van der Waals surface area (Å²) in [5.41, 5.74) is 3.74. The SMILES string of the molecule is C=CC(=O)NC1CCN(S(=O)(=O)c2ccc(C(=O)NCc3ccc4c(c3)CCCO4)cc2)c2ccccc21. The number of aryl methyl sites for hydroxylation is 1. The maximum absolute atomic E-state index is 13.6. The summed E-state index contributed by atoms with van der Waals surface area (Å²) in [7, 11) is -3.88. The first-order valence-electron chi connectivity index (χ1n) is 12.5. The summed E-state index contributed by atoms with van der Waals surface area (Å²) < 4.78 is 34.1. The third kappa shape index (κ3) is 5.15. The number of para-hydroxylation sites is 1. The summed E-state index contributed by atoms with van der Waals surface area (Å²) in [5.74, 6) is 0.305. The molecule has 0 bridgehead atoms. The van der Waals surface area contributed by atoms with Gasteiger partial charge in [-0.2, -0.15) is 0 Å². The van der Waals surface area contributed by atoms with Crippen LogP contribution in [0.15, 0.2) is 84.3 Å². The van der Waals surface area contributed by atoms with Gasteiger partial charge in [0.05, 0.1) is 23.2 Å². The van der Waals surface area contributed by atoms with Gasteiger partial charge in [0, 0.05) is 18.7 Å². The Morgan fingerprint density at radius 2 is 1.87 bits per heavy atom. The van der Waals surface area contributed by atoms with E-state index in [4.69, 9.17) is 4.74 Å². The lowest BCUT2D eigenvalue weighted by Gasteiger charge is -2.35. The van der Waals surface area contributed by atoms with Crippen LogP contribution in [0.2, 0.25) is 0 Å². The van der Waals surface area contributed by atoms with Gasteiger partial charge in [0.25, 0.3) is 15.9 Å². The summed E-state index contributed by atoms with van der Waals surface area (Å²) in [6.07, 6.45) is 3.56. The molecule has 2 N–H and O–H groups in total. The second-order valence-electron chi connectivity index (χ2n) is 9.29. The van der Waals surface area contributed by atoms with Crippen molar-refractivity contribution >= 4 is 27.5 Å². The van der Waals surface area contributed by atoms with Crippen LogP contribution in [0.5, 0.6) is 5.75 Å². The van der Waals surface area contributed by atoms with E-state index >= 15 is 0 Å². The predicted molar refractivity (Wildman–Crippen MR) is 145 cm³/mol. The van der Waals surface area contributed by atoms with Crippen molar-refractivity contribution in [3.05, 3.63) is 102 Å². The Bertz CT molecular complexity index is 1480. The van der Waals surface area contributed by atoms with Gasteiger partial charge in [0.15, 0.2) is 0 Å². The average Bonchev–Trinajstić information content (AvgIpc) is 2.95. The average molecular weight is 532 g/mol. The van der Waals surface area contributed by atoms with Crippen molar-refractivity contribution in [2.24, 2.45) is 0 Å². The van der Waals surface area contributed by atoms with Crippen molar-refractivity contribution in [1.29, 1.82) is 0 Å². The van der Waals surface area contributed by atoms with Crippen LogP contribution >= 0.6 is 0 Å². The lowest BCUT2D eigenvalue weighted by Crippen LogP contribution is -2.40. The minimum absolute atomic E-state index is 0.0899. The first-order valence-corrected chi connectivity index (χ1v) is 14.0. The van der Waals surface area contributed by atoms with Gasteiger partial charge in [0.2, 0.25) is 5.91 Å². The van der Waals surface area contributed by atoms with Gasteiger partial charge in [-0.3, -0.25) is 13.9 Å². The van der Waals surface area contributed by atoms with Crippen molar-refractivity contribution < 1.29 is 22.7 Å². The van der Waals surface area contributed by atoms with Crippen LogP contribution in [0.25, 0.3) is 0 Å². The van der Waals surface area contributed by atoms with Crippen LogP contribution in [-0.4, -0.2) is 33.4 Å². The Kier molecular flexibility index (Phi) is 7.20. The number of hydrogen-bond donors (Lipinski definition) is 2. The van der Waals surface area contributed by atoms with E-state index in [9.17, 15) is 18.0 Å². The van der Waals surface area contributed by atoms with Gasteiger partial charge < -0.3 is 15.4 Å². The van der Waals surface area contributed by atoms with Gasteiger partial charge in [-0.05, 0) is 78.4 Å². The topological polar surface area (TPSA) is 105 Å². The van der Waals surface area contributed by atoms with E-state index < -0.39 is 10.0 Å². The van der Waals surface area contributed by atoms with Crippen molar-refractivity contribution in [2.75, 3.05) is 17.5 Å². The number of rotatable bonds is 7. The molecular formula is C29H29N3O5S. The second kappa shape index (κ2) is 10.7. The van der Waals surface area contributed by atoms with E-state index in [1.165, 1.54) is 34.6 Å². The Hall–Kier alpha value is -4.11. The largest absolute Gasteiger partial charge is 0.493 e. The predicted octanol–water partition coefficient (Wildman–Crippen LogP) is 3.88. The molecular weight excluding hydrogens is 502 g/mol. The standard InChI is InChI=1S/C29H29N3O5S/c1-2-28(33)31-25-15-16-32(26-8-4-3-7-24(25)26)38(35,36)23-12-10-21(11-13-23)29(34)30-19-20-9-14-27-22(18-20)6-5-17-37-27/h2-4,7-14,18,25H,1,5-6,15-17,19H2,(H,30,34)(H,31,33). The Morgan fingerprint density at radius 3 is 2.66 bits per heavy atom. The number of carbonyl (C=O) groups excluding carboxylic acids is 2. The molecule has 196 valence electrons. The summed E-state index contributed by atoms with van der Waals surface area (Å²) in [5, 5.41) is 5.77. The van der Waals surface area contributed by atoms with Crippen molar-refractivity contribution in [2.45, 2.75) is 36.7 Å². The molecule has 0 saturated heterocycles. The minimum Gasteiger partial charge on any atom is -0.493 e. The molecule has 1 atom stereocenters. The number of ether oxygens (including phenoxy) is 1. The molecule has 1 unspecified atom stereocenters. The first kappa shape index (κ1) is 25.5. The van der Waals surface area contributed by atoms with Crippen LogP contribution in [0.4, 0.5) is 5.69 Å². The highest BCUT2D eigenvalue weighted by molar-refractivity contribution is 7.92. The maximum Gasteiger partial charge on any atom is 0.264 e. The van der Waals surface area contributed by atoms with Gasteiger partial charge in [-0.1, -0.05) is 36.9 Å². The molecule has 2 aliphatic heterocycles. The highest BCUT2D eigenvalue weighted by atomic mass is 32.2. The molecule has 0 aliphatic carbocycles. The molecule has 2 aliphatic rings. The number of hydrogen-bond acceptors (Lipinski definition) is 5. The molecule has 5 rings (SSSR count). The normalized spacial score (nSPS) is 16.4. The maximum atomic E-state index is 13.6. The second-order valence-corrected chi connectivity index (χ2v) is 11.2. The molecule has 2 heterocycles. The van der Waals surface area contributed by atoms with Crippen LogP contribution in [0.3, 0.4) is 0 Å². The third-order valence-electron chi connectivity index (χ3n) is 6.83. The molecule has 0 fully saturated rings. The third-order valence-corrected chi connectivity index (χ3v) is 8.66. The molecule has 9 heteroatoms. The molecule has 0 saturated carbocycles. The zero-order valence-electron chi connectivity index (χ0n) is 20.9. The number of anilines is 1. The number of fused-ring (bicyclic) bond motifs is 2. The highest BCUT2D eigenvalue weighted by Crippen LogP contribution is 2.37. The van der Waals surface area contributed by atoms with Gasteiger partial charge in [-0.15, -0.1) is 0 Å². The number of carbonyl (C=O) groups is 2. The Balaban J connectivity index is 1.29. The molecule has 38 heavy (non-hydrogen) atoms. The number of amides is 2. The molecule has 8 nitrogen and oxygen atoms in total. The fraction of sp³-hybridized carbons (Fsp3) is 0.241. The van der Waals surface area contributed by atoms with Crippen molar-refractivity contribution in [3.8, 4) is 5.75 Å². The summed E-state index contributed by atoms with van der Waals surface area (Å²) in [6, 6.07) is 18.7. The minimum atomic E-state index is -3.88. The van der Waals surface area contributed by atoms with E-state index in [-0.39, 0.29) is 29.3 Å². The Labute approximate surface area is 222 Å². The summed E-state index contributed by atoms with van der Waals surface area (Å²) in [6.45, 7) is 4.78. The molecule has 3 aromatic carbocycles. The van der Waals surface area contributed by atoms with Crippen LogP contribution in [0, 0.1) is 0 Å². The number of nitrogens with one attached hydrogen (secondary N) is 2. The summed E-state index contributed by atoms with van der Waals surface area (Å²) >= 11 is 0. The molecule has 3 aromatic rings. The van der Waals surface area contributed by atoms with Gasteiger partial charge in [-0.25, -0.2) is 8.42 Å². The number of nitrogens with zero attached hydrogens (tertiary/aromatic N) is 1. The zero-order valence-corrected chi connectivity index (χ0v) is 21.7. The molecule has 0 aromatic heterocycles.